The van der Waals surface area contributed by atoms with Crippen molar-refractivity contribution in [2.24, 2.45) is 11.7 Å². The molecule has 130 valence electrons. The number of amides is 1. The lowest BCUT2D eigenvalue weighted by molar-refractivity contribution is -0.123. The predicted molar refractivity (Wildman–Crippen MR) is 94.6 cm³/mol. The van der Waals surface area contributed by atoms with E-state index in [4.69, 9.17) is 10.8 Å². The minimum atomic E-state index is -0.375. The molecule has 0 aliphatic heterocycles. The topological polar surface area (TPSA) is 63.3 Å². The molecule has 3 N–H and O–H groups in total. The van der Waals surface area contributed by atoms with Crippen molar-refractivity contribution >= 4 is 5.91 Å². The number of hydrogen-bond donors (Lipinski definition) is 2. The van der Waals surface area contributed by atoms with E-state index in [1.54, 1.807) is 0 Å². The van der Waals surface area contributed by atoms with Gasteiger partial charge in [0.1, 0.15) is 0 Å². The van der Waals surface area contributed by atoms with E-state index in [1.807, 2.05) is 0 Å². The van der Waals surface area contributed by atoms with Gasteiger partial charge in [0.05, 0.1) is 12.5 Å². The zero-order valence-electron chi connectivity index (χ0n) is 14.6. The summed E-state index contributed by atoms with van der Waals surface area (Å²) in [5.74, 6) is -0.725. The number of carbonyl (C=O) groups is 1. The number of nitrogens with two attached hydrogens (primary N) is 1. The molecular weight excluding hydrogens is 274 g/mol. The van der Waals surface area contributed by atoms with Crippen LogP contribution in [0.3, 0.4) is 0 Å². The summed E-state index contributed by atoms with van der Waals surface area (Å²) in [5.41, 5.74) is 5.19. The maximum Gasteiger partial charge on any atom is 0.222 e. The summed E-state index contributed by atoms with van der Waals surface area (Å²) in [5, 5.41) is 8.99. The van der Waals surface area contributed by atoms with Gasteiger partial charge in [0, 0.05) is 0 Å². The first-order chi connectivity index (χ1) is 10.7. The molecule has 0 saturated carbocycles. The monoisotopic (exact) mass is 311 g/mol. The fourth-order valence-electron chi connectivity index (χ4n) is 2.61. The third kappa shape index (κ3) is 14.1. The van der Waals surface area contributed by atoms with E-state index in [9.17, 15) is 4.79 Å². The molecule has 0 aromatic carbocycles. The van der Waals surface area contributed by atoms with Gasteiger partial charge in [0.25, 0.3) is 0 Å². The Labute approximate surface area is 137 Å². The van der Waals surface area contributed by atoms with Crippen LogP contribution in [0.1, 0.15) is 90.4 Å². The van der Waals surface area contributed by atoms with Crippen LogP contribution in [0.5, 0.6) is 0 Å². The molecule has 0 heterocycles. The largest absolute Gasteiger partial charge is 0.396 e. The number of primary amides is 1. The van der Waals surface area contributed by atoms with E-state index >= 15 is 0 Å². The van der Waals surface area contributed by atoms with Crippen LogP contribution in [0, 0.1) is 5.92 Å². The highest BCUT2D eigenvalue weighted by Gasteiger charge is 2.12. The minimum absolute atomic E-state index is 0.115. The second kappa shape index (κ2) is 16.5. The van der Waals surface area contributed by atoms with Crippen LogP contribution in [0.15, 0.2) is 12.2 Å². The van der Waals surface area contributed by atoms with Crippen molar-refractivity contribution < 1.29 is 9.90 Å². The van der Waals surface area contributed by atoms with Crippen LogP contribution in [0.2, 0.25) is 0 Å². The van der Waals surface area contributed by atoms with Gasteiger partial charge in [-0.2, -0.15) is 0 Å². The molecule has 22 heavy (non-hydrogen) atoms. The molecule has 3 nitrogen and oxygen atoms in total. The Morgan fingerprint density at radius 2 is 1.41 bits per heavy atom. The Bertz CT molecular complexity index is 277. The van der Waals surface area contributed by atoms with Crippen LogP contribution in [0.25, 0.3) is 0 Å². The summed E-state index contributed by atoms with van der Waals surface area (Å²) >= 11 is 0. The van der Waals surface area contributed by atoms with Crippen molar-refractivity contribution in [2.45, 2.75) is 90.4 Å². The molecule has 3 heteroatoms. The van der Waals surface area contributed by atoms with Crippen molar-refractivity contribution in [1.82, 2.24) is 0 Å². The van der Waals surface area contributed by atoms with E-state index in [1.165, 1.54) is 57.8 Å². The Hall–Kier alpha value is -0.830. The average molecular weight is 312 g/mol. The van der Waals surface area contributed by atoms with Crippen LogP contribution in [-0.4, -0.2) is 17.6 Å². The first kappa shape index (κ1) is 21.2. The number of carbonyl (C=O) groups excluding carboxylic acids is 1. The molecule has 0 saturated heterocycles. The van der Waals surface area contributed by atoms with Gasteiger partial charge in [0.2, 0.25) is 5.91 Å². The molecule has 0 bridgehead atoms. The SMILES string of the molecule is CCCCCCCC/C=C\CCCCCCC(CO)C(N)=O. The predicted octanol–water partition coefficient (Wildman–Crippen LogP) is 4.73. The van der Waals surface area contributed by atoms with Gasteiger partial charge in [-0.1, -0.05) is 70.4 Å². The smallest absolute Gasteiger partial charge is 0.222 e. The Morgan fingerprint density at radius 1 is 0.909 bits per heavy atom. The molecule has 0 aliphatic rings. The summed E-state index contributed by atoms with van der Waals surface area (Å²) in [6.07, 6.45) is 20.5. The zero-order chi connectivity index (χ0) is 16.5. The molecule has 0 fully saturated rings. The number of aliphatic hydroxyl groups is 1. The highest BCUT2D eigenvalue weighted by Crippen LogP contribution is 2.12. The average Bonchev–Trinajstić information content (AvgIpc) is 2.51. The standard InChI is InChI=1S/C19H37NO2/c1-2-3-4-5-6-7-8-9-10-11-12-13-14-15-16-18(17-21)19(20)22/h9-10,18,21H,2-8,11-17H2,1H3,(H2,20,22)/b10-9-. The lowest BCUT2D eigenvalue weighted by atomic mass is 10.0. The summed E-state index contributed by atoms with van der Waals surface area (Å²) in [6, 6.07) is 0. The Balaban J connectivity index is 3.25. The van der Waals surface area contributed by atoms with Crippen molar-refractivity contribution in [1.29, 1.82) is 0 Å². The highest BCUT2D eigenvalue weighted by atomic mass is 16.3. The second-order valence-corrected chi connectivity index (χ2v) is 6.30. The number of hydrogen-bond acceptors (Lipinski definition) is 2. The first-order valence-corrected chi connectivity index (χ1v) is 9.27. The summed E-state index contributed by atoms with van der Waals surface area (Å²) in [4.78, 5) is 10.9. The lowest BCUT2D eigenvalue weighted by Gasteiger charge is -2.08. The fraction of sp³-hybridized carbons (Fsp3) is 0.842. The maximum atomic E-state index is 10.9. The second-order valence-electron chi connectivity index (χ2n) is 6.30. The fourth-order valence-corrected chi connectivity index (χ4v) is 2.61. The van der Waals surface area contributed by atoms with E-state index in [-0.39, 0.29) is 18.4 Å². The van der Waals surface area contributed by atoms with E-state index in [0.717, 1.165) is 25.7 Å². The number of aliphatic hydroxyl groups excluding tert-OH is 1. The Kier molecular flexibility index (Phi) is 15.9. The molecule has 0 aromatic rings. The maximum absolute atomic E-state index is 10.9. The van der Waals surface area contributed by atoms with Gasteiger partial charge < -0.3 is 10.8 Å². The molecule has 1 unspecified atom stereocenters. The van der Waals surface area contributed by atoms with Crippen molar-refractivity contribution in [3.05, 3.63) is 12.2 Å². The molecule has 0 spiro atoms. The van der Waals surface area contributed by atoms with Crippen LogP contribution >= 0.6 is 0 Å². The first-order valence-electron chi connectivity index (χ1n) is 9.27. The van der Waals surface area contributed by atoms with E-state index in [2.05, 4.69) is 19.1 Å². The summed E-state index contributed by atoms with van der Waals surface area (Å²) < 4.78 is 0. The van der Waals surface area contributed by atoms with Crippen LogP contribution in [0.4, 0.5) is 0 Å². The number of rotatable bonds is 16. The van der Waals surface area contributed by atoms with Crippen LogP contribution < -0.4 is 5.73 Å². The summed E-state index contributed by atoms with van der Waals surface area (Å²) in [7, 11) is 0. The van der Waals surface area contributed by atoms with Gasteiger partial charge >= 0.3 is 0 Å². The molecule has 0 rings (SSSR count). The van der Waals surface area contributed by atoms with Crippen molar-refractivity contribution in [2.75, 3.05) is 6.61 Å². The van der Waals surface area contributed by atoms with Crippen molar-refractivity contribution in [3.8, 4) is 0 Å². The number of allylic oxidation sites excluding steroid dienone is 2. The molecule has 0 aromatic heterocycles. The van der Waals surface area contributed by atoms with Gasteiger partial charge in [0.15, 0.2) is 0 Å². The van der Waals surface area contributed by atoms with Gasteiger partial charge in [-0.15, -0.1) is 0 Å². The number of unbranched alkanes of at least 4 members (excludes halogenated alkanes) is 10. The highest BCUT2D eigenvalue weighted by molar-refractivity contribution is 5.76. The molecule has 0 radical (unpaired) electrons. The minimum Gasteiger partial charge on any atom is -0.396 e. The van der Waals surface area contributed by atoms with Crippen LogP contribution in [-0.2, 0) is 4.79 Å². The van der Waals surface area contributed by atoms with Crippen molar-refractivity contribution in [3.63, 3.8) is 0 Å². The zero-order valence-corrected chi connectivity index (χ0v) is 14.6. The van der Waals surface area contributed by atoms with Gasteiger partial charge in [-0.05, 0) is 32.1 Å². The normalized spacial score (nSPS) is 12.8. The van der Waals surface area contributed by atoms with Gasteiger partial charge in [-0.3, -0.25) is 4.79 Å². The van der Waals surface area contributed by atoms with E-state index in [0.29, 0.717) is 0 Å². The third-order valence-electron chi connectivity index (χ3n) is 4.19. The molecular formula is C19H37NO2. The third-order valence-corrected chi connectivity index (χ3v) is 4.19. The van der Waals surface area contributed by atoms with E-state index < -0.39 is 0 Å². The lowest BCUT2D eigenvalue weighted by Crippen LogP contribution is -2.26. The molecule has 1 amide bonds. The quantitative estimate of drug-likeness (QED) is 0.320. The van der Waals surface area contributed by atoms with Gasteiger partial charge in [-0.25, -0.2) is 0 Å². The summed E-state index contributed by atoms with van der Waals surface area (Å²) in [6.45, 7) is 2.14. The molecule has 1 atom stereocenters. The Morgan fingerprint density at radius 3 is 1.91 bits per heavy atom. The molecule has 0 aliphatic carbocycles.